The molecular weight excluding hydrogens is 358 g/mol. The van der Waals surface area contributed by atoms with Gasteiger partial charge in [0, 0.05) is 18.2 Å². The van der Waals surface area contributed by atoms with Gasteiger partial charge in [-0.3, -0.25) is 25.0 Å². The first kappa shape index (κ1) is 20.4. The van der Waals surface area contributed by atoms with Gasteiger partial charge in [-0.25, -0.2) is 8.42 Å². The summed E-state index contributed by atoms with van der Waals surface area (Å²) in [5, 5.41) is 24.0. The van der Waals surface area contributed by atoms with E-state index in [2.05, 4.69) is 5.32 Å². The summed E-state index contributed by atoms with van der Waals surface area (Å²) in [6.07, 6.45) is 0. The highest BCUT2D eigenvalue weighted by atomic mass is 32.2. The topological polar surface area (TPSA) is 173 Å². The number of nitrogens with one attached hydrogen (secondary N) is 1. The van der Waals surface area contributed by atoms with Crippen LogP contribution in [0.4, 0.5) is 11.4 Å². The molecule has 0 aromatic heterocycles. The fourth-order valence-corrected chi connectivity index (χ4v) is 2.88. The van der Waals surface area contributed by atoms with Gasteiger partial charge in [-0.2, -0.15) is 0 Å². The lowest BCUT2D eigenvalue weighted by atomic mass is 9.87. The fraction of sp³-hybridized carbons (Fsp3) is 0.462. The van der Waals surface area contributed by atoms with E-state index >= 15 is 0 Å². The standard InChI is InChI=1S/C13H17N3O8S/c1-13(2,3)11(7-25(22,23)24)14-12(17)8-4-9(15(18)19)6-10(5-8)16(20)21/h4-6,11H,7H2,1-3H3,(H,14,17)(H,22,23,24)/p-1/t11-/m1/s1. The Balaban J connectivity index is 3.24. The van der Waals surface area contributed by atoms with Crippen molar-refractivity contribution in [2.24, 2.45) is 5.41 Å². The maximum absolute atomic E-state index is 12.3. The maximum atomic E-state index is 12.3. The Kier molecular flexibility index (Phi) is 5.81. The average molecular weight is 374 g/mol. The van der Waals surface area contributed by atoms with Crippen LogP contribution in [0.15, 0.2) is 18.2 Å². The number of hydrogen-bond acceptors (Lipinski definition) is 8. The third-order valence-electron chi connectivity index (χ3n) is 3.31. The van der Waals surface area contributed by atoms with Gasteiger partial charge in [-0.15, -0.1) is 0 Å². The summed E-state index contributed by atoms with van der Waals surface area (Å²) in [5.41, 5.74) is -2.54. The third kappa shape index (κ3) is 6.08. The van der Waals surface area contributed by atoms with Crippen LogP contribution in [0.3, 0.4) is 0 Å². The molecule has 12 heteroatoms. The molecule has 1 aromatic carbocycles. The lowest BCUT2D eigenvalue weighted by Gasteiger charge is -2.32. The summed E-state index contributed by atoms with van der Waals surface area (Å²) in [6, 6.07) is 1.25. The molecule has 0 aliphatic rings. The Morgan fingerprint density at radius 2 is 1.56 bits per heavy atom. The van der Waals surface area contributed by atoms with Crippen LogP contribution in [0.5, 0.6) is 0 Å². The minimum absolute atomic E-state index is 0.390. The average Bonchev–Trinajstić information content (AvgIpc) is 2.43. The van der Waals surface area contributed by atoms with Gasteiger partial charge in [-0.1, -0.05) is 20.8 Å². The van der Waals surface area contributed by atoms with E-state index in [9.17, 15) is 38.0 Å². The number of nitro benzene ring substituents is 2. The van der Waals surface area contributed by atoms with Gasteiger partial charge in [0.15, 0.2) is 0 Å². The lowest BCUT2D eigenvalue weighted by molar-refractivity contribution is -0.394. The zero-order chi connectivity index (χ0) is 19.6. The fourth-order valence-electron chi connectivity index (χ4n) is 1.89. The van der Waals surface area contributed by atoms with E-state index in [1.165, 1.54) is 0 Å². The van der Waals surface area contributed by atoms with Crippen molar-refractivity contribution in [3.63, 3.8) is 0 Å². The van der Waals surface area contributed by atoms with Gasteiger partial charge in [-0.05, 0) is 5.41 Å². The molecule has 0 saturated heterocycles. The van der Waals surface area contributed by atoms with Gasteiger partial charge >= 0.3 is 0 Å². The number of benzene rings is 1. The number of amides is 1. The molecule has 0 bridgehead atoms. The van der Waals surface area contributed by atoms with Crippen LogP contribution in [-0.2, 0) is 10.1 Å². The van der Waals surface area contributed by atoms with Crippen LogP contribution in [-0.4, -0.2) is 40.5 Å². The number of carbonyl (C=O) groups excluding carboxylic acids is 1. The van der Waals surface area contributed by atoms with Crippen LogP contribution in [0.1, 0.15) is 31.1 Å². The molecule has 0 radical (unpaired) electrons. The Bertz CT molecular complexity index is 781. The zero-order valence-corrected chi connectivity index (χ0v) is 14.4. The second-order valence-electron chi connectivity index (χ2n) is 6.37. The number of hydrogen-bond donors (Lipinski definition) is 1. The molecule has 1 atom stereocenters. The molecular formula is C13H16N3O8S-. The van der Waals surface area contributed by atoms with Crippen molar-refractivity contribution < 1.29 is 27.6 Å². The zero-order valence-electron chi connectivity index (χ0n) is 13.6. The molecule has 0 heterocycles. The van der Waals surface area contributed by atoms with E-state index in [1.807, 2.05) is 0 Å². The van der Waals surface area contributed by atoms with Gasteiger partial charge in [0.05, 0.1) is 37.3 Å². The largest absolute Gasteiger partial charge is 0.748 e. The van der Waals surface area contributed by atoms with Gasteiger partial charge in [0.2, 0.25) is 0 Å². The molecule has 1 N–H and O–H groups in total. The minimum atomic E-state index is -4.66. The van der Waals surface area contributed by atoms with Crippen molar-refractivity contribution in [1.29, 1.82) is 0 Å². The molecule has 11 nitrogen and oxygen atoms in total. The molecule has 1 aromatic rings. The SMILES string of the molecule is CC(C)(C)[C@@H](CS(=O)(=O)[O-])NC(=O)c1cc([N+](=O)[O-])cc([N+](=O)[O-])c1. The van der Waals surface area contributed by atoms with E-state index in [4.69, 9.17) is 0 Å². The molecule has 0 aliphatic heterocycles. The highest BCUT2D eigenvalue weighted by Gasteiger charge is 2.29. The molecule has 0 aliphatic carbocycles. The smallest absolute Gasteiger partial charge is 0.277 e. The maximum Gasteiger partial charge on any atom is 0.277 e. The minimum Gasteiger partial charge on any atom is -0.748 e. The summed E-state index contributed by atoms with van der Waals surface area (Å²) in [4.78, 5) is 32.2. The van der Waals surface area contributed by atoms with E-state index in [-0.39, 0.29) is 0 Å². The molecule has 1 amide bonds. The second kappa shape index (κ2) is 7.11. The summed E-state index contributed by atoms with van der Waals surface area (Å²) >= 11 is 0. The van der Waals surface area contributed by atoms with Crippen molar-refractivity contribution in [3.05, 3.63) is 44.0 Å². The second-order valence-corrected chi connectivity index (χ2v) is 7.82. The van der Waals surface area contributed by atoms with Gasteiger partial charge in [0.1, 0.15) is 0 Å². The Labute approximate surface area is 143 Å². The van der Waals surface area contributed by atoms with Crippen LogP contribution in [0, 0.1) is 25.6 Å². The summed E-state index contributed by atoms with van der Waals surface area (Å²) in [7, 11) is -4.66. The van der Waals surface area contributed by atoms with Crippen molar-refractivity contribution in [2.45, 2.75) is 26.8 Å². The highest BCUT2D eigenvalue weighted by Crippen LogP contribution is 2.24. The van der Waals surface area contributed by atoms with E-state index < -0.39 is 60.0 Å². The van der Waals surface area contributed by atoms with Gasteiger partial charge < -0.3 is 9.87 Å². The molecule has 25 heavy (non-hydrogen) atoms. The van der Waals surface area contributed by atoms with Crippen LogP contribution in [0.25, 0.3) is 0 Å². The van der Waals surface area contributed by atoms with Crippen LogP contribution in [0.2, 0.25) is 0 Å². The predicted molar refractivity (Wildman–Crippen MR) is 85.0 cm³/mol. The molecule has 0 unspecified atom stereocenters. The Hall–Kier alpha value is -2.60. The quantitative estimate of drug-likeness (QED) is 0.439. The summed E-state index contributed by atoms with van der Waals surface area (Å²) < 4.78 is 33.0. The number of rotatable bonds is 6. The molecule has 138 valence electrons. The number of non-ortho nitro benzene ring substituents is 2. The first-order chi connectivity index (χ1) is 11.2. The van der Waals surface area contributed by atoms with Gasteiger partial charge in [0.25, 0.3) is 17.3 Å². The predicted octanol–water partition coefficient (Wildman–Crippen LogP) is 1.19. The van der Waals surface area contributed by atoms with Crippen molar-refractivity contribution in [1.82, 2.24) is 5.32 Å². The number of carbonyl (C=O) groups is 1. The van der Waals surface area contributed by atoms with Crippen molar-refractivity contribution in [3.8, 4) is 0 Å². The third-order valence-corrected chi connectivity index (χ3v) is 4.05. The molecule has 0 saturated carbocycles. The van der Waals surface area contributed by atoms with Crippen molar-refractivity contribution in [2.75, 3.05) is 5.75 Å². The Morgan fingerprint density at radius 3 is 1.88 bits per heavy atom. The van der Waals surface area contributed by atoms with E-state index in [0.29, 0.717) is 6.07 Å². The first-order valence-corrected chi connectivity index (χ1v) is 8.47. The monoisotopic (exact) mass is 374 g/mol. The van der Waals surface area contributed by atoms with E-state index in [0.717, 1.165) is 12.1 Å². The molecule has 0 spiro atoms. The first-order valence-electron chi connectivity index (χ1n) is 6.89. The summed E-state index contributed by atoms with van der Waals surface area (Å²) in [6.45, 7) is 4.75. The lowest BCUT2D eigenvalue weighted by Crippen LogP contribution is -2.48. The normalized spacial score (nSPS) is 13.1. The number of nitrogens with zero attached hydrogens (tertiary/aromatic N) is 2. The van der Waals surface area contributed by atoms with Crippen molar-refractivity contribution >= 4 is 27.4 Å². The Morgan fingerprint density at radius 1 is 1.12 bits per heavy atom. The molecule has 1 rings (SSSR count). The molecule has 0 fully saturated rings. The van der Waals surface area contributed by atoms with E-state index in [1.54, 1.807) is 20.8 Å². The van der Waals surface area contributed by atoms with Crippen LogP contribution < -0.4 is 5.32 Å². The number of nitro groups is 2. The van der Waals surface area contributed by atoms with Crippen LogP contribution >= 0.6 is 0 Å². The summed E-state index contributed by atoms with van der Waals surface area (Å²) in [5.74, 6) is -1.85. The highest BCUT2D eigenvalue weighted by molar-refractivity contribution is 7.85.